The van der Waals surface area contributed by atoms with E-state index < -0.39 is 11.9 Å². The van der Waals surface area contributed by atoms with E-state index in [2.05, 4.69) is 13.2 Å². The summed E-state index contributed by atoms with van der Waals surface area (Å²) in [6.07, 6.45) is 6.82. The van der Waals surface area contributed by atoms with Gasteiger partial charge < -0.3 is 18.9 Å². The van der Waals surface area contributed by atoms with Gasteiger partial charge in [0.05, 0.1) is 0 Å². The Bertz CT molecular complexity index is 958. The maximum atomic E-state index is 11.7. The first-order valence-electron chi connectivity index (χ1n) is 12.0. The summed E-state index contributed by atoms with van der Waals surface area (Å²) in [7, 11) is 0. The van der Waals surface area contributed by atoms with Gasteiger partial charge in [-0.05, 0) is 38.5 Å². The van der Waals surface area contributed by atoms with Gasteiger partial charge in [-0.2, -0.15) is 0 Å². The zero-order valence-corrected chi connectivity index (χ0v) is 20.1. The summed E-state index contributed by atoms with van der Waals surface area (Å²) in [5.74, 6) is 0.759. The lowest BCUT2D eigenvalue weighted by atomic mass is 9.87. The molecule has 0 heterocycles. The molecular weight excluding hydrogens is 432 g/mol. The third-order valence-corrected chi connectivity index (χ3v) is 6.07. The number of benzene rings is 2. The molecule has 1 aliphatic rings. The van der Waals surface area contributed by atoms with Gasteiger partial charge in [-0.25, -0.2) is 9.59 Å². The number of carbonyl (C=O) groups is 2. The zero-order chi connectivity index (χ0) is 24.5. The average molecular weight is 467 g/mol. The molecular formula is C28H34O6. The molecule has 182 valence electrons. The maximum Gasteiger partial charge on any atom is 0.330 e. The minimum Gasteiger partial charge on any atom is -0.489 e. The fourth-order valence-electron chi connectivity index (χ4n) is 4.19. The fraction of sp³-hybridized carbons (Fsp3) is 0.429. The van der Waals surface area contributed by atoms with Crippen LogP contribution in [0.5, 0.6) is 11.5 Å². The van der Waals surface area contributed by atoms with Crippen LogP contribution in [0.25, 0.3) is 10.8 Å². The van der Waals surface area contributed by atoms with E-state index in [4.69, 9.17) is 18.9 Å². The molecule has 0 saturated carbocycles. The van der Waals surface area contributed by atoms with Crippen LogP contribution in [0.2, 0.25) is 0 Å². The van der Waals surface area contributed by atoms with Crippen molar-refractivity contribution in [2.45, 2.75) is 64.6 Å². The first-order chi connectivity index (χ1) is 16.5. The van der Waals surface area contributed by atoms with Crippen molar-refractivity contribution in [3.05, 3.63) is 60.7 Å². The van der Waals surface area contributed by atoms with Crippen LogP contribution in [0.15, 0.2) is 49.6 Å². The molecule has 0 bridgehead atoms. The molecule has 0 radical (unpaired) electrons. The van der Waals surface area contributed by atoms with E-state index in [-0.39, 0.29) is 25.4 Å². The van der Waals surface area contributed by atoms with Gasteiger partial charge in [-0.3, -0.25) is 0 Å². The van der Waals surface area contributed by atoms with E-state index in [1.165, 1.54) is 12.2 Å². The molecule has 34 heavy (non-hydrogen) atoms. The Kier molecular flexibility index (Phi) is 9.14. The van der Waals surface area contributed by atoms with Crippen molar-refractivity contribution in [2.75, 3.05) is 13.2 Å². The molecule has 2 aromatic carbocycles. The fourth-order valence-corrected chi connectivity index (χ4v) is 4.19. The van der Waals surface area contributed by atoms with Crippen LogP contribution in [0, 0.1) is 0 Å². The molecule has 1 aliphatic carbocycles. The summed E-state index contributed by atoms with van der Waals surface area (Å²) in [5.41, 5.74) is 2.28. The molecule has 6 nitrogen and oxygen atoms in total. The predicted molar refractivity (Wildman–Crippen MR) is 132 cm³/mol. The summed E-state index contributed by atoms with van der Waals surface area (Å²) < 4.78 is 23.5. The van der Waals surface area contributed by atoms with E-state index in [1.807, 2.05) is 38.1 Å². The molecule has 3 rings (SSSR count). The van der Waals surface area contributed by atoms with Gasteiger partial charge in [0.25, 0.3) is 0 Å². The smallest absolute Gasteiger partial charge is 0.330 e. The van der Waals surface area contributed by atoms with Crippen molar-refractivity contribution in [3.8, 4) is 11.5 Å². The highest BCUT2D eigenvalue weighted by molar-refractivity contribution is 5.96. The van der Waals surface area contributed by atoms with Crippen LogP contribution in [-0.2, 0) is 31.9 Å². The normalized spacial score (nSPS) is 14.4. The van der Waals surface area contributed by atoms with Crippen molar-refractivity contribution >= 4 is 22.7 Å². The van der Waals surface area contributed by atoms with Gasteiger partial charge in [0, 0.05) is 34.1 Å². The van der Waals surface area contributed by atoms with Crippen LogP contribution in [-0.4, -0.2) is 37.4 Å². The zero-order valence-electron chi connectivity index (χ0n) is 20.1. The van der Waals surface area contributed by atoms with E-state index in [1.54, 1.807) is 0 Å². The summed E-state index contributed by atoms with van der Waals surface area (Å²) in [5, 5.41) is 1.92. The molecule has 0 spiro atoms. The Hall–Kier alpha value is -3.28. The monoisotopic (exact) mass is 466 g/mol. The minimum absolute atomic E-state index is 0.266. The predicted octanol–water partition coefficient (Wildman–Crippen LogP) is 5.49. The molecule has 0 aromatic heterocycles. The highest BCUT2D eigenvalue weighted by Crippen LogP contribution is 2.44. The SMILES string of the molecule is C=CC(=O)OC(CC)COc1c2c(c(OCC(CC)OC(=O)C=C)c3ccccc13)CCCC2. The summed E-state index contributed by atoms with van der Waals surface area (Å²) >= 11 is 0. The molecule has 2 unspecified atom stereocenters. The molecule has 0 N–H and O–H groups in total. The molecule has 2 aromatic rings. The maximum absolute atomic E-state index is 11.7. The Labute approximate surface area is 201 Å². The topological polar surface area (TPSA) is 71.1 Å². The van der Waals surface area contributed by atoms with Gasteiger partial charge in [0.1, 0.15) is 36.9 Å². The molecule has 0 aliphatic heterocycles. The number of hydrogen-bond donors (Lipinski definition) is 0. The average Bonchev–Trinajstić information content (AvgIpc) is 2.88. The van der Waals surface area contributed by atoms with Gasteiger partial charge in [-0.1, -0.05) is 51.3 Å². The molecule has 2 atom stereocenters. The number of rotatable bonds is 12. The van der Waals surface area contributed by atoms with Crippen molar-refractivity contribution in [2.24, 2.45) is 0 Å². The molecule has 0 fully saturated rings. The van der Waals surface area contributed by atoms with Crippen molar-refractivity contribution in [3.63, 3.8) is 0 Å². The van der Waals surface area contributed by atoms with Crippen LogP contribution in [0.4, 0.5) is 0 Å². The van der Waals surface area contributed by atoms with Gasteiger partial charge in [0.15, 0.2) is 0 Å². The number of carbonyl (C=O) groups excluding carboxylic acids is 2. The number of esters is 2. The second-order valence-corrected chi connectivity index (χ2v) is 8.33. The number of hydrogen-bond acceptors (Lipinski definition) is 6. The second-order valence-electron chi connectivity index (χ2n) is 8.33. The van der Waals surface area contributed by atoms with Crippen LogP contribution >= 0.6 is 0 Å². The Morgan fingerprint density at radius 2 is 1.24 bits per heavy atom. The summed E-state index contributed by atoms with van der Waals surface area (Å²) in [6.45, 7) is 11.4. The first-order valence-corrected chi connectivity index (χ1v) is 12.0. The Morgan fingerprint density at radius 3 is 1.59 bits per heavy atom. The minimum atomic E-state index is -0.450. The van der Waals surface area contributed by atoms with Crippen LogP contribution in [0.3, 0.4) is 0 Å². The number of ether oxygens (including phenoxy) is 4. The van der Waals surface area contributed by atoms with E-state index in [0.717, 1.165) is 59.1 Å². The first kappa shape index (κ1) is 25.3. The van der Waals surface area contributed by atoms with Crippen molar-refractivity contribution < 1.29 is 28.5 Å². The lowest BCUT2D eigenvalue weighted by Gasteiger charge is -2.27. The van der Waals surface area contributed by atoms with Gasteiger partial charge in [0.2, 0.25) is 0 Å². The lowest BCUT2D eigenvalue weighted by molar-refractivity contribution is -0.145. The largest absolute Gasteiger partial charge is 0.489 e. The highest BCUT2D eigenvalue weighted by Gasteiger charge is 2.25. The Balaban J connectivity index is 1.94. The number of fused-ring (bicyclic) bond motifs is 2. The third-order valence-electron chi connectivity index (χ3n) is 6.07. The van der Waals surface area contributed by atoms with E-state index in [0.29, 0.717) is 12.8 Å². The van der Waals surface area contributed by atoms with Crippen LogP contribution < -0.4 is 9.47 Å². The summed E-state index contributed by atoms with van der Waals surface area (Å²) in [6, 6.07) is 8.00. The molecule has 6 heteroatoms. The molecule has 0 amide bonds. The van der Waals surface area contributed by atoms with Gasteiger partial charge >= 0.3 is 11.9 Å². The van der Waals surface area contributed by atoms with Crippen molar-refractivity contribution in [1.82, 2.24) is 0 Å². The quantitative estimate of drug-likeness (QED) is 0.304. The Morgan fingerprint density at radius 1 is 0.824 bits per heavy atom. The van der Waals surface area contributed by atoms with Crippen LogP contribution in [0.1, 0.15) is 50.7 Å². The standard InChI is InChI=1S/C28H34O6/c1-5-19(33-25(29)7-3)17-31-27-21-13-9-11-15-23(21)28(24-16-12-10-14-22(24)27)32-18-20(6-2)34-26(30)8-4/h7-9,11,13,15,19-20H,3-6,10,12,14,16-18H2,1-2H3. The lowest BCUT2D eigenvalue weighted by Crippen LogP contribution is -2.25. The van der Waals surface area contributed by atoms with Crippen molar-refractivity contribution in [1.29, 1.82) is 0 Å². The van der Waals surface area contributed by atoms with E-state index in [9.17, 15) is 9.59 Å². The second kappa shape index (κ2) is 12.3. The molecule has 0 saturated heterocycles. The summed E-state index contributed by atoms with van der Waals surface area (Å²) in [4.78, 5) is 23.3. The van der Waals surface area contributed by atoms with Gasteiger partial charge in [-0.15, -0.1) is 0 Å². The third kappa shape index (κ3) is 5.99. The highest BCUT2D eigenvalue weighted by atomic mass is 16.6. The van der Waals surface area contributed by atoms with E-state index >= 15 is 0 Å².